The second-order valence-corrected chi connectivity index (χ2v) is 16.6. The highest BCUT2D eigenvalue weighted by molar-refractivity contribution is 6.19. The third-order valence-corrected chi connectivity index (χ3v) is 12.9. The monoisotopic (exact) mass is 799 g/mol. The zero-order chi connectivity index (χ0) is 41.4. The number of nitrogens with zero attached hydrogens (tertiary/aromatic N) is 3. The second kappa shape index (κ2) is 14.1. The van der Waals surface area contributed by atoms with E-state index in [-0.39, 0.29) is 0 Å². The van der Waals surface area contributed by atoms with Crippen LogP contribution in [0.1, 0.15) is 0 Å². The van der Waals surface area contributed by atoms with Crippen molar-refractivity contribution in [3.05, 3.63) is 224 Å². The maximum absolute atomic E-state index is 5.54. The summed E-state index contributed by atoms with van der Waals surface area (Å²) in [5.74, 6) is 0.688. The molecule has 0 aliphatic heterocycles. The summed E-state index contributed by atoms with van der Waals surface area (Å²) in [5.41, 5.74) is 11.9. The minimum absolute atomic E-state index is 0.688. The summed E-state index contributed by atoms with van der Waals surface area (Å²) >= 11 is 0. The minimum Gasteiger partial charge on any atom is -0.309 e. The third kappa shape index (κ3) is 5.82. The number of hydrogen-bond donors (Lipinski definition) is 0. The molecule has 0 saturated heterocycles. The lowest BCUT2D eigenvalue weighted by Gasteiger charge is -2.16. The van der Waals surface area contributed by atoms with Crippen LogP contribution in [0.3, 0.4) is 0 Å². The average molecular weight is 800 g/mol. The fraction of sp³-hybridized carbons (Fsp3) is 0. The topological polar surface area (TPSA) is 30.7 Å². The molecule has 13 aromatic rings. The molecule has 11 aromatic carbocycles. The molecule has 0 unspecified atom stereocenters. The van der Waals surface area contributed by atoms with E-state index in [9.17, 15) is 0 Å². The van der Waals surface area contributed by atoms with Gasteiger partial charge in [-0.05, 0) is 115 Å². The van der Waals surface area contributed by atoms with E-state index in [1.165, 1.54) is 54.2 Å². The van der Waals surface area contributed by atoms with Crippen LogP contribution in [0, 0.1) is 0 Å². The molecule has 0 spiro atoms. The van der Waals surface area contributed by atoms with Crippen LogP contribution >= 0.6 is 0 Å². The fourth-order valence-corrected chi connectivity index (χ4v) is 9.84. The number of aromatic nitrogens is 3. The first kappa shape index (κ1) is 35.4. The molecular weight excluding hydrogens is 763 g/mol. The maximum atomic E-state index is 5.54. The predicted octanol–water partition coefficient (Wildman–Crippen LogP) is 16.0. The van der Waals surface area contributed by atoms with Crippen LogP contribution in [-0.2, 0) is 0 Å². The molecule has 63 heavy (non-hydrogen) atoms. The van der Waals surface area contributed by atoms with Gasteiger partial charge in [0, 0.05) is 32.7 Å². The molecule has 0 saturated carbocycles. The Labute approximate surface area is 363 Å². The zero-order valence-corrected chi connectivity index (χ0v) is 34.2. The van der Waals surface area contributed by atoms with E-state index in [1.807, 2.05) is 0 Å². The van der Waals surface area contributed by atoms with Crippen molar-refractivity contribution in [2.45, 2.75) is 0 Å². The van der Waals surface area contributed by atoms with Crippen LogP contribution in [0.4, 0.5) is 0 Å². The largest absolute Gasteiger partial charge is 0.309 e. The van der Waals surface area contributed by atoms with Crippen molar-refractivity contribution < 1.29 is 0 Å². The van der Waals surface area contributed by atoms with Crippen molar-refractivity contribution in [3.8, 4) is 50.6 Å². The normalized spacial score (nSPS) is 11.8. The summed E-state index contributed by atoms with van der Waals surface area (Å²) in [7, 11) is 0. The Hall–Kier alpha value is -8.40. The number of benzene rings is 11. The Morgan fingerprint density at radius 2 is 0.905 bits per heavy atom. The number of hydrogen-bond acceptors (Lipinski definition) is 2. The Bertz CT molecular complexity index is 3970. The summed E-state index contributed by atoms with van der Waals surface area (Å²) in [4.78, 5) is 10.9. The van der Waals surface area contributed by atoms with E-state index in [0.717, 1.165) is 66.3 Å². The second-order valence-electron chi connectivity index (χ2n) is 16.6. The number of fused-ring (bicyclic) bond motifs is 8. The van der Waals surface area contributed by atoms with Crippen LogP contribution in [0.2, 0.25) is 0 Å². The van der Waals surface area contributed by atoms with Crippen LogP contribution < -0.4 is 0 Å². The quantitative estimate of drug-likeness (QED) is 0.174. The van der Waals surface area contributed by atoms with Crippen molar-refractivity contribution in [2.24, 2.45) is 0 Å². The van der Waals surface area contributed by atoms with Gasteiger partial charge < -0.3 is 4.57 Å². The lowest BCUT2D eigenvalue weighted by Crippen LogP contribution is -1.99. The van der Waals surface area contributed by atoms with Crippen LogP contribution in [0.15, 0.2) is 224 Å². The minimum atomic E-state index is 0.688. The Balaban J connectivity index is 1.09. The molecule has 13 rings (SSSR count). The smallest absolute Gasteiger partial charge is 0.160 e. The highest BCUT2D eigenvalue weighted by Gasteiger charge is 2.21. The van der Waals surface area contributed by atoms with Crippen molar-refractivity contribution in [2.75, 3.05) is 0 Å². The van der Waals surface area contributed by atoms with Gasteiger partial charge in [0.2, 0.25) is 0 Å². The molecule has 0 aliphatic carbocycles. The van der Waals surface area contributed by atoms with Crippen molar-refractivity contribution in [1.29, 1.82) is 0 Å². The van der Waals surface area contributed by atoms with E-state index in [1.54, 1.807) is 0 Å². The molecule has 0 amide bonds. The molecule has 3 nitrogen and oxygen atoms in total. The Morgan fingerprint density at radius 1 is 0.302 bits per heavy atom. The Kier molecular flexibility index (Phi) is 7.91. The van der Waals surface area contributed by atoms with E-state index in [4.69, 9.17) is 9.97 Å². The van der Waals surface area contributed by atoms with Crippen molar-refractivity contribution >= 4 is 75.8 Å². The summed E-state index contributed by atoms with van der Waals surface area (Å²) in [6.07, 6.45) is 0. The van der Waals surface area contributed by atoms with Gasteiger partial charge in [-0.1, -0.05) is 170 Å². The first-order valence-electron chi connectivity index (χ1n) is 21.6. The molecule has 2 aromatic heterocycles. The van der Waals surface area contributed by atoms with Gasteiger partial charge in [-0.3, -0.25) is 0 Å². The first-order valence-corrected chi connectivity index (χ1v) is 21.6. The van der Waals surface area contributed by atoms with E-state index in [2.05, 4.69) is 229 Å². The summed E-state index contributed by atoms with van der Waals surface area (Å²) in [6, 6.07) is 81.3. The molecule has 0 fully saturated rings. The van der Waals surface area contributed by atoms with Gasteiger partial charge in [-0.15, -0.1) is 0 Å². The lowest BCUT2D eigenvalue weighted by atomic mass is 9.96. The van der Waals surface area contributed by atoms with Crippen LogP contribution in [-0.4, -0.2) is 14.5 Å². The van der Waals surface area contributed by atoms with Gasteiger partial charge in [0.25, 0.3) is 0 Å². The summed E-state index contributed by atoms with van der Waals surface area (Å²) in [6.45, 7) is 0. The highest BCUT2D eigenvalue weighted by atomic mass is 15.0. The molecule has 2 heterocycles. The SMILES string of the molecule is c1ccc(-c2ccc3nc(-c4cc(-n5c6cc7ccccc7cc6c6c(-c7ccc8ccccc8c7)cccc65)c5ccccc5c4)nc(-c4ccc5ccccc5c4)c3c2)cc1. The van der Waals surface area contributed by atoms with Gasteiger partial charge >= 0.3 is 0 Å². The maximum Gasteiger partial charge on any atom is 0.160 e. The summed E-state index contributed by atoms with van der Waals surface area (Å²) in [5, 5.41) is 13.0. The first-order chi connectivity index (χ1) is 31.2. The summed E-state index contributed by atoms with van der Waals surface area (Å²) < 4.78 is 2.48. The van der Waals surface area contributed by atoms with Gasteiger partial charge in [0.05, 0.1) is 27.9 Å². The standard InChI is InChI=1S/C60H37N3/c1-2-13-38(14-3-1)45-29-30-54-52(34-45)59(48-28-26-40-16-5-7-18-42(40)32-48)62-60(61-54)49-33-46-21-10-11-22-50(46)56(37-49)63-55-24-12-23-51(47-27-25-39-15-4-6-17-41(39)31-47)58(55)53-35-43-19-8-9-20-44(43)36-57(53)63/h1-37H. The lowest BCUT2D eigenvalue weighted by molar-refractivity contribution is 1.19. The molecule has 0 bridgehead atoms. The molecule has 0 atom stereocenters. The number of rotatable bonds is 5. The Morgan fingerprint density at radius 3 is 1.67 bits per heavy atom. The van der Waals surface area contributed by atoms with Gasteiger partial charge in [-0.25, -0.2) is 9.97 Å². The van der Waals surface area contributed by atoms with E-state index < -0.39 is 0 Å². The van der Waals surface area contributed by atoms with E-state index >= 15 is 0 Å². The third-order valence-electron chi connectivity index (χ3n) is 12.9. The van der Waals surface area contributed by atoms with Gasteiger partial charge in [-0.2, -0.15) is 0 Å². The average Bonchev–Trinajstić information content (AvgIpc) is 3.67. The molecule has 292 valence electrons. The van der Waals surface area contributed by atoms with Crippen LogP contribution in [0.25, 0.3) is 126 Å². The zero-order valence-electron chi connectivity index (χ0n) is 34.2. The van der Waals surface area contributed by atoms with E-state index in [0.29, 0.717) is 5.82 Å². The molecule has 0 N–H and O–H groups in total. The fourth-order valence-electron chi connectivity index (χ4n) is 9.84. The van der Waals surface area contributed by atoms with Crippen molar-refractivity contribution in [1.82, 2.24) is 14.5 Å². The molecule has 3 heteroatoms. The van der Waals surface area contributed by atoms with Crippen molar-refractivity contribution in [3.63, 3.8) is 0 Å². The predicted molar refractivity (Wildman–Crippen MR) is 266 cm³/mol. The molecular formula is C60H37N3. The molecule has 0 radical (unpaired) electrons. The van der Waals surface area contributed by atoms with Gasteiger partial charge in [0.1, 0.15) is 0 Å². The molecule has 0 aliphatic rings. The van der Waals surface area contributed by atoms with Gasteiger partial charge in [0.15, 0.2) is 5.82 Å². The highest BCUT2D eigenvalue weighted by Crippen LogP contribution is 2.43. The van der Waals surface area contributed by atoms with Crippen LogP contribution in [0.5, 0.6) is 0 Å².